The van der Waals surface area contributed by atoms with Crippen molar-refractivity contribution in [1.82, 2.24) is 9.97 Å². The number of nitrogen functional groups attached to an aromatic ring is 1. The zero-order valence-corrected chi connectivity index (χ0v) is 9.86. The Morgan fingerprint density at radius 1 is 1.53 bits per heavy atom. The molecule has 4 N–H and O–H groups in total. The van der Waals surface area contributed by atoms with E-state index in [4.69, 9.17) is 22.4 Å². The molecule has 1 aliphatic rings. The van der Waals surface area contributed by atoms with E-state index in [0.29, 0.717) is 18.7 Å². The summed E-state index contributed by atoms with van der Waals surface area (Å²) in [5.74, 6) is 0.104. The monoisotopic (exact) mass is 260 g/mol. The lowest BCUT2D eigenvalue weighted by atomic mass is 10.1. The summed E-state index contributed by atoms with van der Waals surface area (Å²) < 4.78 is 13.4. The van der Waals surface area contributed by atoms with E-state index in [9.17, 15) is 4.39 Å². The second-order valence-corrected chi connectivity index (χ2v) is 4.56. The Morgan fingerprint density at radius 3 is 2.94 bits per heavy atom. The Kier molecular flexibility index (Phi) is 3.63. The minimum atomic E-state index is -0.990. The van der Waals surface area contributed by atoms with E-state index in [1.165, 1.54) is 6.33 Å². The van der Waals surface area contributed by atoms with Crippen LogP contribution in [0.1, 0.15) is 12.8 Å². The number of nitrogens with two attached hydrogens (primary N) is 1. The summed E-state index contributed by atoms with van der Waals surface area (Å²) in [4.78, 5) is 7.70. The lowest BCUT2D eigenvalue weighted by Gasteiger charge is -2.14. The van der Waals surface area contributed by atoms with Gasteiger partial charge in [0.05, 0.1) is 0 Å². The van der Waals surface area contributed by atoms with Crippen LogP contribution in [0, 0.1) is 5.92 Å². The highest BCUT2D eigenvalue weighted by Gasteiger charge is 2.34. The van der Waals surface area contributed by atoms with E-state index in [1.54, 1.807) is 0 Å². The molecule has 7 heteroatoms. The van der Waals surface area contributed by atoms with Crippen molar-refractivity contribution in [3.63, 3.8) is 0 Å². The maximum Gasteiger partial charge on any atom is 0.157 e. The molecule has 1 fully saturated rings. The third-order valence-corrected chi connectivity index (χ3v) is 3.32. The normalized spacial score (nSPS) is 28.3. The van der Waals surface area contributed by atoms with E-state index in [2.05, 4.69) is 15.3 Å². The smallest absolute Gasteiger partial charge is 0.157 e. The number of rotatable bonds is 3. The first kappa shape index (κ1) is 12.3. The number of aliphatic hydroxyl groups excluding tert-OH is 1. The largest absolute Gasteiger partial charge is 0.396 e. The van der Waals surface area contributed by atoms with Crippen molar-refractivity contribution in [3.8, 4) is 0 Å². The summed E-state index contributed by atoms with van der Waals surface area (Å²) in [6.45, 7) is -0.140. The molecule has 17 heavy (non-hydrogen) atoms. The summed E-state index contributed by atoms with van der Waals surface area (Å²) in [5, 5.41) is 12.2. The summed E-state index contributed by atoms with van der Waals surface area (Å²) in [6, 6.07) is -0.0876. The molecule has 0 amide bonds. The molecule has 0 saturated heterocycles. The molecule has 0 unspecified atom stereocenters. The van der Waals surface area contributed by atoms with E-state index in [0.717, 1.165) is 0 Å². The van der Waals surface area contributed by atoms with E-state index < -0.39 is 6.17 Å². The van der Waals surface area contributed by atoms with Crippen LogP contribution in [0.5, 0.6) is 0 Å². The lowest BCUT2D eigenvalue weighted by Crippen LogP contribution is -2.18. The number of nitrogens with one attached hydrogen (secondary N) is 1. The zero-order chi connectivity index (χ0) is 12.4. The number of anilines is 2. The summed E-state index contributed by atoms with van der Waals surface area (Å²) >= 11 is 5.75. The molecule has 5 nitrogen and oxygen atoms in total. The maximum atomic E-state index is 13.4. The highest BCUT2D eigenvalue weighted by Crippen LogP contribution is 2.32. The number of aliphatic hydroxyl groups is 1. The van der Waals surface area contributed by atoms with Gasteiger partial charge in [-0.05, 0) is 12.8 Å². The first-order valence-corrected chi connectivity index (χ1v) is 5.77. The van der Waals surface area contributed by atoms with Gasteiger partial charge in [-0.25, -0.2) is 14.4 Å². The van der Waals surface area contributed by atoms with E-state index in [-0.39, 0.29) is 29.4 Å². The second-order valence-electron chi connectivity index (χ2n) is 4.20. The quantitative estimate of drug-likeness (QED) is 0.712. The van der Waals surface area contributed by atoms with Crippen LogP contribution in [0.25, 0.3) is 0 Å². The minimum Gasteiger partial charge on any atom is -0.396 e. The Morgan fingerprint density at radius 2 is 2.29 bits per heavy atom. The maximum absolute atomic E-state index is 13.4. The van der Waals surface area contributed by atoms with E-state index in [1.807, 2.05) is 0 Å². The molecule has 94 valence electrons. The number of hydrogen-bond acceptors (Lipinski definition) is 5. The molecule has 0 aliphatic heterocycles. The lowest BCUT2D eigenvalue weighted by molar-refractivity contribution is 0.162. The van der Waals surface area contributed by atoms with Crippen LogP contribution in [0.2, 0.25) is 5.15 Å². The van der Waals surface area contributed by atoms with Crippen LogP contribution in [0.4, 0.5) is 15.9 Å². The average Bonchev–Trinajstić information content (AvgIpc) is 2.65. The molecule has 1 aromatic rings. The van der Waals surface area contributed by atoms with Crippen molar-refractivity contribution < 1.29 is 9.50 Å². The molecule has 2 rings (SSSR count). The fraction of sp³-hybridized carbons (Fsp3) is 0.600. The molecule has 1 heterocycles. The van der Waals surface area contributed by atoms with Crippen LogP contribution >= 0.6 is 11.6 Å². The van der Waals surface area contributed by atoms with Crippen molar-refractivity contribution in [3.05, 3.63) is 11.5 Å². The predicted octanol–water partition coefficient (Wildman–Crippen LogP) is 1.23. The van der Waals surface area contributed by atoms with Gasteiger partial charge in [-0.15, -0.1) is 0 Å². The number of hydrogen-bond donors (Lipinski definition) is 3. The minimum absolute atomic E-state index is 0.0876. The average molecular weight is 261 g/mol. The molecule has 0 radical (unpaired) electrons. The molecule has 1 aliphatic carbocycles. The first-order valence-electron chi connectivity index (χ1n) is 5.39. The van der Waals surface area contributed by atoms with Gasteiger partial charge in [-0.2, -0.15) is 0 Å². The molecule has 0 aromatic carbocycles. The van der Waals surface area contributed by atoms with Crippen molar-refractivity contribution in [2.24, 2.45) is 5.92 Å². The number of alkyl halides is 1. The van der Waals surface area contributed by atoms with Crippen LogP contribution in [0.15, 0.2) is 6.33 Å². The summed E-state index contributed by atoms with van der Waals surface area (Å²) in [7, 11) is 0. The molecule has 1 aromatic heterocycles. The van der Waals surface area contributed by atoms with Gasteiger partial charge in [0.1, 0.15) is 18.2 Å². The van der Waals surface area contributed by atoms with Gasteiger partial charge >= 0.3 is 0 Å². The molecule has 3 atom stereocenters. The molecule has 0 spiro atoms. The van der Waals surface area contributed by atoms with Gasteiger partial charge in [0, 0.05) is 18.6 Å². The molecule has 0 bridgehead atoms. The van der Waals surface area contributed by atoms with Gasteiger partial charge in [-0.1, -0.05) is 11.6 Å². The highest BCUT2D eigenvalue weighted by atomic mass is 35.5. The predicted molar refractivity (Wildman–Crippen MR) is 63.6 cm³/mol. The van der Waals surface area contributed by atoms with Gasteiger partial charge in [0.25, 0.3) is 0 Å². The summed E-state index contributed by atoms with van der Waals surface area (Å²) in [6.07, 6.45) is 1.20. The van der Waals surface area contributed by atoms with Crippen molar-refractivity contribution in [2.45, 2.75) is 25.1 Å². The molecule has 1 saturated carbocycles. The third-order valence-electron chi connectivity index (χ3n) is 3.02. The number of nitrogens with zero attached hydrogens (tertiary/aromatic N) is 2. The Hall–Kier alpha value is -1.14. The number of halogens is 2. The summed E-state index contributed by atoms with van der Waals surface area (Å²) in [5.41, 5.74) is 5.96. The van der Waals surface area contributed by atoms with Crippen molar-refractivity contribution in [2.75, 3.05) is 17.7 Å². The standard InChI is InChI=1S/C10H14ClFN4O/c11-9-8(13)10(15-4-14-9)16-6-1-5(3-17)7(12)2-6/h4-7,17H,1-3,13H2,(H,14,15,16)/t5-,6-,7+/m1/s1. The second kappa shape index (κ2) is 5.01. The molecular weight excluding hydrogens is 247 g/mol. The van der Waals surface area contributed by atoms with E-state index >= 15 is 0 Å². The fourth-order valence-corrected chi connectivity index (χ4v) is 2.20. The topological polar surface area (TPSA) is 84.1 Å². The first-order chi connectivity index (χ1) is 8.11. The third kappa shape index (κ3) is 2.58. The zero-order valence-electron chi connectivity index (χ0n) is 9.11. The Labute approximate surface area is 103 Å². The molecular formula is C10H14ClFN4O. The van der Waals surface area contributed by atoms with Gasteiger partial charge in [0.2, 0.25) is 0 Å². The van der Waals surface area contributed by atoms with Gasteiger partial charge in [-0.3, -0.25) is 0 Å². The SMILES string of the molecule is Nc1c(Cl)ncnc1N[C@@H]1C[C@H](CO)[C@@H](F)C1. The number of aromatic nitrogens is 2. The Bertz CT molecular complexity index is 406. The van der Waals surface area contributed by atoms with Crippen LogP contribution in [-0.4, -0.2) is 33.9 Å². The van der Waals surface area contributed by atoms with Gasteiger partial charge in [0.15, 0.2) is 11.0 Å². The van der Waals surface area contributed by atoms with Crippen molar-refractivity contribution in [1.29, 1.82) is 0 Å². The van der Waals surface area contributed by atoms with Crippen LogP contribution in [-0.2, 0) is 0 Å². The highest BCUT2D eigenvalue weighted by molar-refractivity contribution is 6.32. The van der Waals surface area contributed by atoms with Gasteiger partial charge < -0.3 is 16.2 Å². The van der Waals surface area contributed by atoms with Crippen molar-refractivity contribution >= 4 is 23.1 Å². The van der Waals surface area contributed by atoms with Crippen LogP contribution < -0.4 is 11.1 Å². The fourth-order valence-electron chi connectivity index (χ4n) is 2.06. The Balaban J connectivity index is 2.05. The van der Waals surface area contributed by atoms with Crippen LogP contribution in [0.3, 0.4) is 0 Å².